The van der Waals surface area contributed by atoms with Crippen LogP contribution in [0.3, 0.4) is 0 Å². The van der Waals surface area contributed by atoms with Crippen molar-refractivity contribution in [2.24, 2.45) is 0 Å². The van der Waals surface area contributed by atoms with Crippen molar-refractivity contribution in [3.8, 4) is 5.75 Å². The second kappa shape index (κ2) is 8.89. The number of nitrogens with zero attached hydrogens (tertiary/aromatic N) is 2. The Kier molecular flexibility index (Phi) is 6.85. The van der Waals surface area contributed by atoms with E-state index in [0.29, 0.717) is 11.6 Å². The summed E-state index contributed by atoms with van der Waals surface area (Å²) >= 11 is 0. The predicted molar refractivity (Wildman–Crippen MR) is 105 cm³/mol. The number of nitrogens with one attached hydrogen (secondary N) is 1. The topological polar surface area (TPSA) is 71.5 Å². The molecule has 0 unspecified atom stereocenters. The second-order valence-corrected chi connectivity index (χ2v) is 8.10. The zero-order valence-electron chi connectivity index (χ0n) is 15.8. The maximum absolute atomic E-state index is 12.5. The highest BCUT2D eigenvalue weighted by Gasteiger charge is 2.15. The van der Waals surface area contributed by atoms with Gasteiger partial charge in [0.2, 0.25) is 0 Å². The van der Waals surface area contributed by atoms with Crippen LogP contribution in [0.4, 0.5) is 11.5 Å². The van der Waals surface area contributed by atoms with E-state index in [1.54, 1.807) is 24.4 Å². The number of benzene rings is 1. The van der Waals surface area contributed by atoms with Crippen LogP contribution in [0.2, 0.25) is 0 Å². The molecule has 0 spiro atoms. The van der Waals surface area contributed by atoms with Crippen molar-refractivity contribution in [3.63, 3.8) is 0 Å². The lowest BCUT2D eigenvalue weighted by atomic mass is 10.3. The first kappa shape index (κ1) is 20.0. The summed E-state index contributed by atoms with van der Waals surface area (Å²) in [6.07, 6.45) is 3.93. The highest BCUT2D eigenvalue weighted by molar-refractivity contribution is 7.92. The number of anilines is 2. The number of sulfonamides is 1. The average Bonchev–Trinajstić information content (AvgIpc) is 2.60. The van der Waals surface area contributed by atoms with Crippen LogP contribution >= 0.6 is 0 Å². The molecule has 0 saturated heterocycles. The molecule has 0 aliphatic carbocycles. The van der Waals surface area contributed by atoms with Gasteiger partial charge >= 0.3 is 0 Å². The third-order valence-electron chi connectivity index (χ3n) is 3.78. The molecule has 142 valence electrons. The van der Waals surface area contributed by atoms with Crippen LogP contribution in [-0.2, 0) is 10.0 Å². The quantitative estimate of drug-likeness (QED) is 0.717. The van der Waals surface area contributed by atoms with Crippen molar-refractivity contribution >= 4 is 21.5 Å². The minimum absolute atomic E-state index is 0.0359. The van der Waals surface area contributed by atoms with Gasteiger partial charge in [0, 0.05) is 13.6 Å². The Morgan fingerprint density at radius 1 is 1.15 bits per heavy atom. The molecule has 0 bridgehead atoms. The van der Waals surface area contributed by atoms with Crippen LogP contribution in [0.25, 0.3) is 0 Å². The van der Waals surface area contributed by atoms with Gasteiger partial charge in [0.25, 0.3) is 10.0 Å². The molecule has 0 radical (unpaired) electrons. The molecule has 1 heterocycles. The lowest BCUT2D eigenvalue weighted by molar-refractivity contribution is 0.242. The molecule has 26 heavy (non-hydrogen) atoms. The summed E-state index contributed by atoms with van der Waals surface area (Å²) in [7, 11) is -1.69. The molecule has 1 aromatic heterocycles. The van der Waals surface area contributed by atoms with Crippen LogP contribution in [0.5, 0.6) is 5.75 Å². The number of hydrogen-bond donors (Lipinski definition) is 1. The first-order chi connectivity index (χ1) is 12.3. The normalized spacial score (nSPS) is 11.4. The minimum atomic E-state index is -3.69. The Morgan fingerprint density at radius 3 is 2.38 bits per heavy atom. The fourth-order valence-corrected chi connectivity index (χ4v) is 3.37. The summed E-state index contributed by atoms with van der Waals surface area (Å²) < 4.78 is 33.0. The number of pyridine rings is 1. The van der Waals surface area contributed by atoms with E-state index in [0.717, 1.165) is 25.1 Å². The molecule has 0 saturated carbocycles. The van der Waals surface area contributed by atoms with Gasteiger partial charge in [-0.3, -0.25) is 4.72 Å². The number of unbranched alkanes of at least 4 members (excludes halogenated alkanes) is 1. The Morgan fingerprint density at radius 2 is 1.85 bits per heavy atom. The first-order valence-corrected chi connectivity index (χ1v) is 10.3. The molecular weight excluding hydrogens is 350 g/mol. The van der Waals surface area contributed by atoms with Crippen molar-refractivity contribution in [2.75, 3.05) is 23.2 Å². The van der Waals surface area contributed by atoms with E-state index in [2.05, 4.69) is 21.5 Å². The first-order valence-electron chi connectivity index (χ1n) is 8.78. The molecule has 0 amide bonds. The molecule has 2 rings (SSSR count). The minimum Gasteiger partial charge on any atom is -0.491 e. The molecular formula is C19H27N3O3S. The molecule has 1 N–H and O–H groups in total. The zero-order valence-corrected chi connectivity index (χ0v) is 16.6. The summed E-state index contributed by atoms with van der Waals surface area (Å²) in [5.74, 6) is 0.927. The van der Waals surface area contributed by atoms with Crippen LogP contribution < -0.4 is 14.4 Å². The van der Waals surface area contributed by atoms with Gasteiger partial charge in [-0.25, -0.2) is 13.4 Å². The summed E-state index contributed by atoms with van der Waals surface area (Å²) in [5, 5.41) is 0. The predicted octanol–water partition coefficient (Wildman–Crippen LogP) is 3.91. The molecule has 6 nitrogen and oxygen atoms in total. The maximum Gasteiger partial charge on any atom is 0.263 e. The smallest absolute Gasteiger partial charge is 0.263 e. The van der Waals surface area contributed by atoms with E-state index in [4.69, 9.17) is 4.74 Å². The van der Waals surface area contributed by atoms with Gasteiger partial charge in [0.1, 0.15) is 11.6 Å². The van der Waals surface area contributed by atoms with Gasteiger partial charge < -0.3 is 9.64 Å². The Labute approximate surface area is 156 Å². The van der Waals surface area contributed by atoms with Gasteiger partial charge in [-0.05, 0) is 56.7 Å². The van der Waals surface area contributed by atoms with Crippen molar-refractivity contribution in [2.45, 2.75) is 44.6 Å². The van der Waals surface area contributed by atoms with Gasteiger partial charge in [-0.15, -0.1) is 0 Å². The number of hydrogen-bond acceptors (Lipinski definition) is 5. The highest BCUT2D eigenvalue weighted by atomic mass is 32.2. The Balaban J connectivity index is 2.06. The molecule has 2 aromatic rings. The van der Waals surface area contributed by atoms with E-state index < -0.39 is 10.0 Å². The van der Waals surface area contributed by atoms with Crippen molar-refractivity contribution < 1.29 is 13.2 Å². The SMILES string of the molecule is CCCCN(C)c1ccc(NS(=O)(=O)c2ccc(OC(C)C)cc2)nc1. The summed E-state index contributed by atoms with van der Waals surface area (Å²) in [5.41, 5.74) is 0.955. The summed E-state index contributed by atoms with van der Waals surface area (Å²) in [6.45, 7) is 6.92. The molecule has 0 aliphatic rings. The largest absolute Gasteiger partial charge is 0.491 e. The van der Waals surface area contributed by atoms with Crippen molar-refractivity contribution in [1.82, 2.24) is 4.98 Å². The molecule has 0 fully saturated rings. The van der Waals surface area contributed by atoms with Crippen LogP contribution in [0, 0.1) is 0 Å². The van der Waals surface area contributed by atoms with Crippen molar-refractivity contribution in [3.05, 3.63) is 42.6 Å². The maximum atomic E-state index is 12.5. The highest BCUT2D eigenvalue weighted by Crippen LogP contribution is 2.20. The van der Waals surface area contributed by atoms with E-state index >= 15 is 0 Å². The number of ether oxygens (including phenoxy) is 1. The standard InChI is InChI=1S/C19H27N3O3S/c1-5-6-13-22(4)16-7-12-19(20-14-16)21-26(23,24)18-10-8-17(9-11-18)25-15(2)3/h7-12,14-15H,5-6,13H2,1-4H3,(H,20,21). The summed E-state index contributed by atoms with van der Waals surface area (Å²) in [6, 6.07) is 9.87. The Hall–Kier alpha value is -2.28. The zero-order chi connectivity index (χ0) is 19.2. The monoisotopic (exact) mass is 377 g/mol. The molecule has 0 aliphatic heterocycles. The molecule has 0 atom stereocenters. The molecule has 7 heteroatoms. The van der Waals surface area contributed by atoms with Gasteiger partial charge in [0.15, 0.2) is 0 Å². The fraction of sp³-hybridized carbons (Fsp3) is 0.421. The van der Waals surface area contributed by atoms with Gasteiger partial charge in [-0.1, -0.05) is 13.3 Å². The number of aromatic nitrogens is 1. The Bertz CT molecular complexity index is 788. The third-order valence-corrected chi connectivity index (χ3v) is 5.15. The van der Waals surface area contributed by atoms with Crippen LogP contribution in [-0.4, -0.2) is 33.1 Å². The average molecular weight is 378 g/mol. The van der Waals surface area contributed by atoms with E-state index in [1.165, 1.54) is 12.1 Å². The molecule has 1 aromatic carbocycles. The van der Waals surface area contributed by atoms with E-state index in [1.807, 2.05) is 27.0 Å². The number of rotatable bonds is 9. The lowest BCUT2D eigenvalue weighted by Crippen LogP contribution is -2.19. The third kappa shape index (κ3) is 5.62. The fourth-order valence-electron chi connectivity index (χ4n) is 2.36. The lowest BCUT2D eigenvalue weighted by Gasteiger charge is -2.18. The van der Waals surface area contributed by atoms with E-state index in [-0.39, 0.29) is 11.0 Å². The van der Waals surface area contributed by atoms with Crippen LogP contribution in [0.1, 0.15) is 33.6 Å². The second-order valence-electron chi connectivity index (χ2n) is 6.42. The van der Waals surface area contributed by atoms with Gasteiger partial charge in [0.05, 0.1) is 22.9 Å². The van der Waals surface area contributed by atoms with Gasteiger partial charge in [-0.2, -0.15) is 0 Å². The summed E-state index contributed by atoms with van der Waals surface area (Å²) in [4.78, 5) is 6.48. The van der Waals surface area contributed by atoms with Crippen molar-refractivity contribution in [1.29, 1.82) is 0 Å². The van der Waals surface area contributed by atoms with E-state index in [9.17, 15) is 8.42 Å². The van der Waals surface area contributed by atoms with Crippen LogP contribution in [0.15, 0.2) is 47.5 Å².